The van der Waals surface area contributed by atoms with Crippen molar-refractivity contribution in [3.05, 3.63) is 46.0 Å². The largest absolute Gasteiger partial charge is 0.377 e. The molecule has 1 aromatic carbocycles. The third kappa shape index (κ3) is 2.30. The number of nitrogens with one attached hydrogen (secondary N) is 1. The lowest BCUT2D eigenvalue weighted by Crippen LogP contribution is -2.29. The summed E-state index contributed by atoms with van der Waals surface area (Å²) in [6, 6.07) is 5.51. The minimum atomic E-state index is -0.310. The molecule has 106 valence electrons. The number of hydrogen-bond acceptors (Lipinski definition) is 3. The van der Waals surface area contributed by atoms with E-state index in [9.17, 15) is 10.1 Å². The summed E-state index contributed by atoms with van der Waals surface area (Å²) in [6.07, 6.45) is 7.10. The summed E-state index contributed by atoms with van der Waals surface area (Å²) in [5, 5.41) is 14.5. The summed E-state index contributed by atoms with van der Waals surface area (Å²) < 4.78 is 0. The Labute approximate surface area is 119 Å². The van der Waals surface area contributed by atoms with Gasteiger partial charge in [-0.25, -0.2) is 0 Å². The molecule has 0 aromatic heterocycles. The van der Waals surface area contributed by atoms with Gasteiger partial charge in [-0.2, -0.15) is 0 Å². The number of nitro groups is 1. The Hall–Kier alpha value is -1.84. The number of fused-ring (bicyclic) bond motifs is 2. The average molecular weight is 272 g/mol. The Morgan fingerprint density at radius 2 is 2.15 bits per heavy atom. The molecule has 20 heavy (non-hydrogen) atoms. The number of anilines is 1. The number of hydrogen-bond donors (Lipinski definition) is 1. The molecule has 4 nitrogen and oxygen atoms in total. The summed E-state index contributed by atoms with van der Waals surface area (Å²) in [7, 11) is 0. The van der Waals surface area contributed by atoms with E-state index in [1.54, 1.807) is 12.1 Å². The van der Waals surface area contributed by atoms with Crippen LogP contribution < -0.4 is 5.32 Å². The molecule has 1 saturated carbocycles. The van der Waals surface area contributed by atoms with Crippen LogP contribution in [0, 0.1) is 34.8 Å². The number of aryl methyl sites for hydroxylation is 1. The second-order valence-corrected chi connectivity index (χ2v) is 6.15. The van der Waals surface area contributed by atoms with Crippen molar-refractivity contribution in [3.8, 4) is 0 Å². The average Bonchev–Trinajstić information content (AvgIpc) is 3.00. The van der Waals surface area contributed by atoms with Gasteiger partial charge in [0.05, 0.1) is 4.92 Å². The van der Waals surface area contributed by atoms with Gasteiger partial charge >= 0.3 is 0 Å². The second-order valence-electron chi connectivity index (χ2n) is 6.15. The molecular formula is C16H20N2O2. The molecule has 2 aliphatic rings. The van der Waals surface area contributed by atoms with E-state index in [-0.39, 0.29) is 16.7 Å². The zero-order valence-electron chi connectivity index (χ0n) is 11.9. The molecule has 1 aromatic rings. The topological polar surface area (TPSA) is 55.2 Å². The monoisotopic (exact) mass is 272 g/mol. The highest BCUT2D eigenvalue weighted by molar-refractivity contribution is 5.63. The Morgan fingerprint density at radius 1 is 1.35 bits per heavy atom. The Bertz CT molecular complexity index is 568. The molecule has 2 aliphatic carbocycles. The van der Waals surface area contributed by atoms with Gasteiger partial charge in [0, 0.05) is 12.1 Å². The van der Waals surface area contributed by atoms with Crippen molar-refractivity contribution < 1.29 is 4.92 Å². The molecule has 1 fully saturated rings. The predicted molar refractivity (Wildman–Crippen MR) is 79.8 cm³/mol. The Morgan fingerprint density at radius 3 is 2.75 bits per heavy atom. The van der Waals surface area contributed by atoms with Crippen molar-refractivity contribution in [2.75, 3.05) is 5.32 Å². The van der Waals surface area contributed by atoms with Crippen LogP contribution in [0.3, 0.4) is 0 Å². The van der Waals surface area contributed by atoms with Gasteiger partial charge in [-0.1, -0.05) is 18.2 Å². The molecule has 0 saturated heterocycles. The lowest BCUT2D eigenvalue weighted by Gasteiger charge is -2.27. The highest BCUT2D eigenvalue weighted by Gasteiger charge is 2.38. The van der Waals surface area contributed by atoms with Crippen molar-refractivity contribution in [1.82, 2.24) is 0 Å². The molecule has 4 unspecified atom stereocenters. The Balaban J connectivity index is 1.79. The number of benzene rings is 1. The third-order valence-electron chi connectivity index (χ3n) is 4.70. The number of nitrogens with zero attached hydrogens (tertiary/aromatic N) is 1. The van der Waals surface area contributed by atoms with E-state index in [1.807, 2.05) is 13.0 Å². The molecule has 4 heteroatoms. The summed E-state index contributed by atoms with van der Waals surface area (Å²) in [6.45, 7) is 4.10. The van der Waals surface area contributed by atoms with E-state index < -0.39 is 0 Å². The van der Waals surface area contributed by atoms with Crippen LogP contribution in [0.1, 0.15) is 25.3 Å². The number of allylic oxidation sites excluding steroid dienone is 2. The molecule has 0 heterocycles. The highest BCUT2D eigenvalue weighted by Crippen LogP contribution is 2.45. The van der Waals surface area contributed by atoms with E-state index in [4.69, 9.17) is 0 Å². The highest BCUT2D eigenvalue weighted by atomic mass is 16.6. The molecule has 1 N–H and O–H groups in total. The minimum Gasteiger partial charge on any atom is -0.377 e. The van der Waals surface area contributed by atoms with Crippen LogP contribution >= 0.6 is 0 Å². The zero-order chi connectivity index (χ0) is 14.3. The van der Waals surface area contributed by atoms with Crippen LogP contribution in [0.25, 0.3) is 0 Å². The third-order valence-corrected chi connectivity index (χ3v) is 4.70. The maximum atomic E-state index is 11.1. The molecule has 0 radical (unpaired) electrons. The summed E-state index contributed by atoms with van der Waals surface area (Å²) in [5.41, 5.74) is 1.86. The fourth-order valence-corrected chi connectivity index (χ4v) is 3.68. The molecule has 4 atom stereocenters. The maximum absolute atomic E-state index is 11.1. The summed E-state index contributed by atoms with van der Waals surface area (Å²) in [5.74, 6) is 1.96. The first-order valence-electron chi connectivity index (χ1n) is 7.24. The van der Waals surface area contributed by atoms with Gasteiger partial charge in [-0.05, 0) is 56.1 Å². The van der Waals surface area contributed by atoms with E-state index in [1.165, 1.54) is 12.8 Å². The molecule has 2 bridgehead atoms. The lowest BCUT2D eigenvalue weighted by molar-refractivity contribution is -0.384. The van der Waals surface area contributed by atoms with Gasteiger partial charge < -0.3 is 5.32 Å². The summed E-state index contributed by atoms with van der Waals surface area (Å²) >= 11 is 0. The van der Waals surface area contributed by atoms with Crippen molar-refractivity contribution in [2.24, 2.45) is 17.8 Å². The second kappa shape index (κ2) is 4.93. The predicted octanol–water partition coefficient (Wildman–Crippen LogP) is 3.92. The van der Waals surface area contributed by atoms with Crippen LogP contribution in [-0.2, 0) is 0 Å². The van der Waals surface area contributed by atoms with E-state index in [2.05, 4.69) is 24.4 Å². The maximum Gasteiger partial charge on any atom is 0.292 e. The lowest BCUT2D eigenvalue weighted by atomic mass is 9.87. The van der Waals surface area contributed by atoms with Crippen molar-refractivity contribution in [1.29, 1.82) is 0 Å². The fourth-order valence-electron chi connectivity index (χ4n) is 3.68. The van der Waals surface area contributed by atoms with Gasteiger partial charge in [0.1, 0.15) is 5.69 Å². The van der Waals surface area contributed by atoms with E-state index in [0.29, 0.717) is 17.5 Å². The van der Waals surface area contributed by atoms with Gasteiger partial charge in [0.25, 0.3) is 5.69 Å². The van der Waals surface area contributed by atoms with Crippen LogP contribution in [-0.4, -0.2) is 11.0 Å². The van der Waals surface area contributed by atoms with Crippen LogP contribution in [0.4, 0.5) is 11.4 Å². The van der Waals surface area contributed by atoms with Gasteiger partial charge in [-0.15, -0.1) is 0 Å². The van der Waals surface area contributed by atoms with Gasteiger partial charge in [0.15, 0.2) is 0 Å². The first kappa shape index (κ1) is 13.2. The molecule has 0 aliphatic heterocycles. The Kier molecular flexibility index (Phi) is 3.24. The minimum absolute atomic E-state index is 0.168. The normalized spacial score (nSPS) is 28.6. The molecule has 3 rings (SSSR count). The first-order chi connectivity index (χ1) is 9.54. The van der Waals surface area contributed by atoms with Crippen LogP contribution in [0.5, 0.6) is 0 Å². The van der Waals surface area contributed by atoms with Crippen molar-refractivity contribution >= 4 is 11.4 Å². The van der Waals surface area contributed by atoms with Crippen molar-refractivity contribution in [3.63, 3.8) is 0 Å². The van der Waals surface area contributed by atoms with E-state index in [0.717, 1.165) is 11.5 Å². The molecule has 0 amide bonds. The van der Waals surface area contributed by atoms with E-state index >= 15 is 0 Å². The fraction of sp³-hybridized carbons (Fsp3) is 0.500. The summed E-state index contributed by atoms with van der Waals surface area (Å²) in [4.78, 5) is 10.8. The zero-order valence-corrected chi connectivity index (χ0v) is 11.9. The molecule has 0 spiro atoms. The quantitative estimate of drug-likeness (QED) is 0.513. The van der Waals surface area contributed by atoms with Crippen LogP contribution in [0.2, 0.25) is 0 Å². The van der Waals surface area contributed by atoms with Gasteiger partial charge in [-0.3, -0.25) is 10.1 Å². The van der Waals surface area contributed by atoms with Gasteiger partial charge in [0.2, 0.25) is 0 Å². The van der Waals surface area contributed by atoms with Crippen molar-refractivity contribution in [2.45, 2.75) is 32.7 Å². The number of nitro benzene ring substituents is 1. The smallest absolute Gasteiger partial charge is 0.292 e. The molecular weight excluding hydrogens is 252 g/mol. The SMILES string of the molecule is Cc1ccc([N+](=O)[O-])c(NC(C)C2CC3C=CC2C3)c1. The standard InChI is InChI=1S/C16H20N2O2/c1-10-3-6-16(18(19)20)15(7-10)17-11(2)14-9-12-4-5-13(14)8-12/h3-7,11-14,17H,8-9H2,1-2H3. The van der Waals surface area contributed by atoms with Crippen LogP contribution in [0.15, 0.2) is 30.4 Å². The first-order valence-corrected chi connectivity index (χ1v) is 7.24. The number of rotatable bonds is 4.